The lowest BCUT2D eigenvalue weighted by Crippen LogP contribution is -2.63. The number of hydrogen-bond donors (Lipinski definition) is 1. The number of thioether (sulfide) groups is 1. The Kier molecular flexibility index (Phi) is 14.8. The molecule has 1 aliphatic heterocycles. The van der Waals surface area contributed by atoms with Crippen molar-refractivity contribution in [3.05, 3.63) is 24.3 Å². The predicted molar refractivity (Wildman–Crippen MR) is 200 cm³/mol. The maximum atomic E-state index is 12.8. The van der Waals surface area contributed by atoms with Gasteiger partial charge >= 0.3 is 17.9 Å². The second kappa shape index (κ2) is 17.5. The van der Waals surface area contributed by atoms with Crippen molar-refractivity contribution in [3.63, 3.8) is 0 Å². The van der Waals surface area contributed by atoms with Crippen molar-refractivity contribution < 1.29 is 38.4 Å². The lowest BCUT2D eigenvalue weighted by atomic mass is 9.47. The van der Waals surface area contributed by atoms with Gasteiger partial charge in [-0.05, 0) is 147 Å². The highest BCUT2D eigenvalue weighted by atomic mass is 32.2. The van der Waals surface area contributed by atoms with Gasteiger partial charge in [0.25, 0.3) is 0 Å². The molecule has 6 rings (SSSR count). The van der Waals surface area contributed by atoms with Crippen LogP contribution in [-0.4, -0.2) is 53.0 Å². The van der Waals surface area contributed by atoms with Gasteiger partial charge in [0.15, 0.2) is 0 Å². The van der Waals surface area contributed by atoms with Gasteiger partial charge in [-0.2, -0.15) is 11.8 Å². The number of phenolic OH excluding ortho intramolecular Hbond substituents is 1. The highest BCUT2D eigenvalue weighted by molar-refractivity contribution is 7.99. The highest BCUT2D eigenvalue weighted by Gasteiger charge is 2.61. The van der Waals surface area contributed by atoms with Gasteiger partial charge in [-0.3, -0.25) is 14.4 Å². The van der Waals surface area contributed by atoms with Crippen molar-refractivity contribution >= 4 is 29.7 Å². The van der Waals surface area contributed by atoms with Gasteiger partial charge in [-0.15, -0.1) is 0 Å². The first kappa shape index (κ1) is 42.2. The minimum Gasteiger partial charge on any atom is -0.508 e. The van der Waals surface area contributed by atoms with Gasteiger partial charge in [0.2, 0.25) is 6.29 Å². The van der Waals surface area contributed by atoms with Crippen LogP contribution in [-0.2, 0) is 28.6 Å². The molecule has 0 spiro atoms. The van der Waals surface area contributed by atoms with Gasteiger partial charge < -0.3 is 24.1 Å². The summed E-state index contributed by atoms with van der Waals surface area (Å²) in [7, 11) is 0. The summed E-state index contributed by atoms with van der Waals surface area (Å²) >= 11 is 1.76. The monoisotopic (exact) mass is 718 g/mol. The molecule has 9 heteroatoms. The Balaban J connectivity index is 0.000000209. The normalized spacial score (nSPS) is 27.3. The molecule has 4 saturated carbocycles. The van der Waals surface area contributed by atoms with Crippen molar-refractivity contribution in [1.29, 1.82) is 0 Å². The van der Waals surface area contributed by atoms with E-state index in [1.54, 1.807) is 23.9 Å². The maximum Gasteiger partial charge on any atom is 0.316 e. The molecule has 1 heterocycles. The fraction of sp³-hybridized carbons (Fsp3) is 0.780. The highest BCUT2D eigenvalue weighted by Crippen LogP contribution is 2.62. The van der Waals surface area contributed by atoms with E-state index >= 15 is 0 Å². The van der Waals surface area contributed by atoms with E-state index in [9.17, 15) is 14.4 Å². The minimum absolute atomic E-state index is 0.0335. The molecule has 8 nitrogen and oxygen atoms in total. The zero-order chi connectivity index (χ0) is 37.5. The Morgan fingerprint density at radius 1 is 0.800 bits per heavy atom. The van der Waals surface area contributed by atoms with Crippen LogP contribution in [0.1, 0.15) is 128 Å². The molecule has 1 unspecified atom stereocenters. The smallest absolute Gasteiger partial charge is 0.316 e. The van der Waals surface area contributed by atoms with Crippen LogP contribution in [0.5, 0.6) is 11.5 Å². The number of hydrogen-bond acceptors (Lipinski definition) is 9. The lowest BCUT2D eigenvalue weighted by Gasteiger charge is -2.62. The number of benzene rings is 1. The summed E-state index contributed by atoms with van der Waals surface area (Å²) in [5.41, 5.74) is -1.39. The largest absolute Gasteiger partial charge is 0.508 e. The number of rotatable bonds is 10. The van der Waals surface area contributed by atoms with Crippen LogP contribution >= 0.6 is 11.8 Å². The number of carbonyl (C=O) groups is 3. The number of carbonyl (C=O) groups excluding carboxylic acids is 3. The first-order valence-electron chi connectivity index (χ1n) is 19.0. The summed E-state index contributed by atoms with van der Waals surface area (Å²) < 4.78 is 22.2. The Morgan fingerprint density at radius 2 is 1.28 bits per heavy atom. The molecular weight excluding hydrogens is 653 g/mol. The van der Waals surface area contributed by atoms with E-state index < -0.39 is 10.8 Å². The van der Waals surface area contributed by atoms with Crippen LogP contribution in [0.15, 0.2) is 24.3 Å². The molecule has 284 valence electrons. The third kappa shape index (κ3) is 10.4. The summed E-state index contributed by atoms with van der Waals surface area (Å²) in [6.45, 7) is 22.8. The van der Waals surface area contributed by atoms with Crippen molar-refractivity contribution in [2.24, 2.45) is 45.8 Å². The van der Waals surface area contributed by atoms with Crippen molar-refractivity contribution in [1.82, 2.24) is 0 Å². The molecule has 4 aliphatic carbocycles. The Bertz CT molecular complexity index is 1230. The first-order chi connectivity index (χ1) is 23.3. The number of aromatic hydroxyl groups is 1. The molecule has 5 aliphatic rings. The topological polar surface area (TPSA) is 108 Å². The number of esters is 3. The fourth-order valence-corrected chi connectivity index (χ4v) is 8.19. The molecule has 0 radical (unpaired) electrons. The van der Waals surface area contributed by atoms with Crippen LogP contribution in [0.4, 0.5) is 0 Å². The molecule has 50 heavy (non-hydrogen) atoms. The van der Waals surface area contributed by atoms with Gasteiger partial charge in [0, 0.05) is 5.75 Å². The van der Waals surface area contributed by atoms with Gasteiger partial charge in [-0.25, -0.2) is 0 Å². The molecule has 1 aromatic rings. The molecule has 4 bridgehead atoms. The second-order valence-electron chi connectivity index (χ2n) is 17.1. The summed E-state index contributed by atoms with van der Waals surface area (Å²) in [5, 5.41) is 9.06. The zero-order valence-electron chi connectivity index (χ0n) is 32.8. The molecule has 1 saturated heterocycles. The van der Waals surface area contributed by atoms with E-state index in [1.807, 2.05) is 55.4 Å². The van der Waals surface area contributed by atoms with E-state index in [-0.39, 0.29) is 41.0 Å². The van der Waals surface area contributed by atoms with Gasteiger partial charge in [0.1, 0.15) is 17.1 Å². The van der Waals surface area contributed by atoms with Crippen LogP contribution in [0.3, 0.4) is 0 Å². The average molecular weight is 719 g/mol. The number of phenols is 1. The van der Waals surface area contributed by atoms with E-state index in [1.165, 1.54) is 44.2 Å². The number of ether oxygens (including phenoxy) is 4. The Hall–Kier alpha value is -2.26. The van der Waals surface area contributed by atoms with Crippen LogP contribution in [0, 0.1) is 45.8 Å². The Morgan fingerprint density at radius 3 is 1.72 bits per heavy atom. The molecule has 1 atom stereocenters. The standard InChI is InChI=1S/C19H32O2.C12H16O3.C10H18O3S/c1-6-18(4,5)17(20)21-19(12(2)3)15-8-13-7-14(10-15)11-16(19)9-13;1-4-12(2,3)11(14)15-10-7-5-9(13)6-8-10;1-4-10(2,3)9(11)13-8-7-14-6-5-12-8/h12-16H,6-11H2,1-5H3;5-8,13H,4H2,1-3H3;8H,4-7H2,1-3H3. The summed E-state index contributed by atoms with van der Waals surface area (Å²) in [6.07, 6.45) is 8.64. The van der Waals surface area contributed by atoms with Gasteiger partial charge in [0.05, 0.1) is 28.6 Å². The van der Waals surface area contributed by atoms with Gasteiger partial charge in [-0.1, -0.05) is 34.6 Å². The van der Waals surface area contributed by atoms with Crippen molar-refractivity contribution in [3.8, 4) is 11.5 Å². The Labute approximate surface area is 306 Å². The van der Waals surface area contributed by atoms with E-state index in [0.717, 1.165) is 42.6 Å². The van der Waals surface area contributed by atoms with Crippen LogP contribution in [0.25, 0.3) is 0 Å². The summed E-state index contributed by atoms with van der Waals surface area (Å²) in [4.78, 5) is 36.1. The van der Waals surface area contributed by atoms with Crippen molar-refractivity contribution in [2.45, 2.75) is 139 Å². The van der Waals surface area contributed by atoms with Crippen LogP contribution < -0.4 is 4.74 Å². The molecule has 1 N–H and O–H groups in total. The third-order valence-corrected chi connectivity index (χ3v) is 12.9. The SMILES string of the molecule is CCC(C)(C)C(=O)OC1(C(C)C)C2CC3CC(C2)CC1C3.CCC(C)(C)C(=O)OC1CSCCO1.CCC(C)(C)C(=O)Oc1ccc(O)cc1. The molecule has 5 fully saturated rings. The molecule has 0 aromatic heterocycles. The van der Waals surface area contributed by atoms with E-state index in [0.29, 0.717) is 30.1 Å². The molecule has 1 aromatic carbocycles. The van der Waals surface area contributed by atoms with E-state index in [4.69, 9.17) is 24.1 Å². The fourth-order valence-electron chi connectivity index (χ4n) is 7.45. The molecule has 0 amide bonds. The maximum absolute atomic E-state index is 12.8. The third-order valence-electron chi connectivity index (χ3n) is 12.0. The molecular formula is C41H66O8S. The minimum atomic E-state index is -0.474. The van der Waals surface area contributed by atoms with Crippen LogP contribution in [0.2, 0.25) is 0 Å². The zero-order valence-corrected chi connectivity index (χ0v) is 33.6. The summed E-state index contributed by atoms with van der Waals surface area (Å²) in [5.74, 6) is 5.48. The van der Waals surface area contributed by atoms with Crippen molar-refractivity contribution in [2.75, 3.05) is 18.1 Å². The first-order valence-corrected chi connectivity index (χ1v) is 20.1. The summed E-state index contributed by atoms with van der Waals surface area (Å²) in [6, 6.07) is 6.11. The second-order valence-corrected chi connectivity index (χ2v) is 18.2. The lowest BCUT2D eigenvalue weighted by molar-refractivity contribution is -0.231. The van der Waals surface area contributed by atoms with E-state index in [2.05, 4.69) is 20.8 Å². The quantitative estimate of drug-likeness (QED) is 0.187. The predicted octanol–water partition coefficient (Wildman–Crippen LogP) is 9.61. The average Bonchev–Trinajstić information content (AvgIpc) is 3.07.